The van der Waals surface area contributed by atoms with E-state index in [1.165, 1.54) is 89.9 Å². The van der Waals surface area contributed by atoms with Crippen LogP contribution in [0.25, 0.3) is 11.0 Å². The van der Waals surface area contributed by atoms with Crippen molar-refractivity contribution in [2.24, 2.45) is 0 Å². The summed E-state index contributed by atoms with van der Waals surface area (Å²) in [5.74, 6) is -0.953. The zero-order chi connectivity index (χ0) is 25.7. The molecule has 202 valence electrons. The minimum absolute atomic E-state index is 0.228. The van der Waals surface area contributed by atoms with Crippen molar-refractivity contribution in [3.63, 3.8) is 0 Å². The van der Waals surface area contributed by atoms with E-state index < -0.39 is 5.97 Å². The maximum Gasteiger partial charge on any atom is 0.335 e. The second-order valence-corrected chi connectivity index (χ2v) is 9.85. The summed E-state index contributed by atoms with van der Waals surface area (Å²) in [6.45, 7) is 4.64. The van der Waals surface area contributed by atoms with Gasteiger partial charge in [-0.2, -0.15) is 0 Å². The van der Waals surface area contributed by atoms with E-state index >= 15 is 0 Å². The van der Waals surface area contributed by atoms with E-state index in [1.807, 2.05) is 0 Å². The van der Waals surface area contributed by atoms with Gasteiger partial charge in [-0.15, -0.1) is 5.10 Å². The molecule has 0 saturated heterocycles. The Morgan fingerprint density at radius 2 is 1.53 bits per heavy atom. The standard InChI is InChI=1S/C29H49N5O2/c1-2-3-4-5-6-7-8-9-10-11-12-13-14-15-16-17-21-30-22-18-23-31-25-34-28-20-19-26(29(35)36)24-27(28)32-33-34/h17,19-21,24,30-31H,2-16,18,22-23,25H2,1H3,(H,35,36). The second-order valence-electron chi connectivity index (χ2n) is 9.85. The fourth-order valence-corrected chi connectivity index (χ4v) is 4.43. The van der Waals surface area contributed by atoms with E-state index in [0.717, 1.165) is 31.4 Å². The van der Waals surface area contributed by atoms with Crippen LogP contribution in [-0.2, 0) is 6.67 Å². The first-order valence-electron chi connectivity index (χ1n) is 14.4. The van der Waals surface area contributed by atoms with Gasteiger partial charge >= 0.3 is 5.97 Å². The number of benzene rings is 1. The number of aromatic carboxylic acids is 1. The van der Waals surface area contributed by atoms with Crippen LogP contribution < -0.4 is 10.6 Å². The number of rotatable bonds is 23. The van der Waals surface area contributed by atoms with Crippen LogP contribution in [-0.4, -0.2) is 39.2 Å². The van der Waals surface area contributed by atoms with Gasteiger partial charge in [0, 0.05) is 6.54 Å². The maximum atomic E-state index is 11.1. The zero-order valence-electron chi connectivity index (χ0n) is 22.5. The third-order valence-corrected chi connectivity index (χ3v) is 6.66. The van der Waals surface area contributed by atoms with Gasteiger partial charge < -0.3 is 10.4 Å². The van der Waals surface area contributed by atoms with Gasteiger partial charge in [-0.3, -0.25) is 5.32 Å². The van der Waals surface area contributed by atoms with Crippen molar-refractivity contribution in [2.75, 3.05) is 13.1 Å². The van der Waals surface area contributed by atoms with E-state index in [9.17, 15) is 4.79 Å². The summed E-state index contributed by atoms with van der Waals surface area (Å²) in [6, 6.07) is 4.89. The third kappa shape index (κ3) is 13.1. The van der Waals surface area contributed by atoms with Gasteiger partial charge in [-0.1, -0.05) is 102 Å². The van der Waals surface area contributed by atoms with E-state index in [1.54, 1.807) is 22.9 Å². The number of nitrogens with one attached hydrogen (secondary N) is 2. The highest BCUT2D eigenvalue weighted by molar-refractivity contribution is 5.92. The molecule has 0 atom stereocenters. The van der Waals surface area contributed by atoms with Crippen LogP contribution in [0.15, 0.2) is 30.5 Å². The third-order valence-electron chi connectivity index (χ3n) is 6.66. The van der Waals surface area contributed by atoms with Gasteiger partial charge in [-0.25, -0.2) is 9.48 Å². The molecule has 0 spiro atoms. The Balaban J connectivity index is 1.34. The minimum atomic E-state index is -0.953. The number of nitrogens with zero attached hydrogens (tertiary/aromatic N) is 3. The first-order valence-corrected chi connectivity index (χ1v) is 14.4. The Kier molecular flexibility index (Phi) is 16.4. The van der Waals surface area contributed by atoms with Crippen molar-refractivity contribution in [1.29, 1.82) is 0 Å². The molecule has 0 fully saturated rings. The number of carbonyl (C=O) groups is 1. The maximum absolute atomic E-state index is 11.1. The molecule has 0 saturated carbocycles. The number of allylic oxidation sites excluding steroid dienone is 1. The minimum Gasteiger partial charge on any atom is -0.478 e. The topological polar surface area (TPSA) is 92.1 Å². The molecule has 0 aliphatic rings. The number of carboxylic acid groups (broad SMARTS) is 1. The predicted molar refractivity (Wildman–Crippen MR) is 149 cm³/mol. The largest absolute Gasteiger partial charge is 0.478 e. The van der Waals surface area contributed by atoms with E-state index in [2.05, 4.69) is 40.1 Å². The molecule has 1 aromatic heterocycles. The number of fused-ring (bicyclic) bond motifs is 1. The van der Waals surface area contributed by atoms with Crippen LogP contribution in [0.3, 0.4) is 0 Å². The molecule has 0 aliphatic heterocycles. The highest BCUT2D eigenvalue weighted by atomic mass is 16.4. The van der Waals surface area contributed by atoms with Gasteiger partial charge in [0.25, 0.3) is 0 Å². The normalized spacial score (nSPS) is 11.6. The molecule has 1 heterocycles. The second kappa shape index (κ2) is 19.7. The Morgan fingerprint density at radius 3 is 2.17 bits per heavy atom. The smallest absolute Gasteiger partial charge is 0.335 e. The summed E-state index contributed by atoms with van der Waals surface area (Å²) >= 11 is 0. The van der Waals surface area contributed by atoms with Crippen molar-refractivity contribution in [3.8, 4) is 0 Å². The number of unbranched alkanes of at least 4 members (excludes halogenated alkanes) is 14. The lowest BCUT2D eigenvalue weighted by Crippen LogP contribution is -2.23. The summed E-state index contributed by atoms with van der Waals surface area (Å²) in [4.78, 5) is 11.1. The zero-order valence-corrected chi connectivity index (χ0v) is 22.5. The summed E-state index contributed by atoms with van der Waals surface area (Å²) in [5, 5.41) is 23.9. The molecule has 1 aromatic carbocycles. The molecule has 0 bridgehead atoms. The Morgan fingerprint density at radius 1 is 0.889 bits per heavy atom. The molecule has 2 aromatic rings. The molecular formula is C29H49N5O2. The van der Waals surface area contributed by atoms with Crippen molar-refractivity contribution in [2.45, 2.75) is 116 Å². The number of hydrogen-bond acceptors (Lipinski definition) is 5. The van der Waals surface area contributed by atoms with Crippen LogP contribution in [0.4, 0.5) is 0 Å². The predicted octanol–water partition coefficient (Wildman–Crippen LogP) is 7.04. The van der Waals surface area contributed by atoms with Crippen molar-refractivity contribution >= 4 is 17.0 Å². The Labute approximate surface area is 218 Å². The molecule has 7 nitrogen and oxygen atoms in total. The molecule has 0 aliphatic carbocycles. The van der Waals surface area contributed by atoms with Crippen molar-refractivity contribution in [1.82, 2.24) is 25.6 Å². The van der Waals surface area contributed by atoms with Crippen LogP contribution in [0.2, 0.25) is 0 Å². The first-order chi connectivity index (χ1) is 17.7. The lowest BCUT2D eigenvalue weighted by atomic mass is 10.0. The summed E-state index contributed by atoms with van der Waals surface area (Å²) in [5.41, 5.74) is 1.66. The van der Waals surface area contributed by atoms with Gasteiger partial charge in [0.05, 0.1) is 17.7 Å². The van der Waals surface area contributed by atoms with E-state index in [-0.39, 0.29) is 5.56 Å². The summed E-state index contributed by atoms with van der Waals surface area (Å²) < 4.78 is 1.75. The van der Waals surface area contributed by atoms with E-state index in [4.69, 9.17) is 5.11 Å². The SMILES string of the molecule is CCCCCCCCCCCCCCCCC=CNCCCNCn1nnc2cc(C(=O)O)ccc21. The van der Waals surface area contributed by atoms with Crippen LogP contribution >= 0.6 is 0 Å². The average Bonchev–Trinajstić information content (AvgIpc) is 3.29. The van der Waals surface area contributed by atoms with Crippen LogP contribution in [0.1, 0.15) is 120 Å². The molecule has 36 heavy (non-hydrogen) atoms. The Bertz CT molecular complexity index is 864. The van der Waals surface area contributed by atoms with Gasteiger partial charge in [-0.05, 0) is 50.2 Å². The van der Waals surface area contributed by atoms with Crippen molar-refractivity contribution in [3.05, 3.63) is 36.0 Å². The van der Waals surface area contributed by atoms with Crippen molar-refractivity contribution < 1.29 is 9.90 Å². The average molecular weight is 500 g/mol. The lowest BCUT2D eigenvalue weighted by molar-refractivity contribution is 0.0697. The fourth-order valence-electron chi connectivity index (χ4n) is 4.43. The van der Waals surface area contributed by atoms with Gasteiger partial charge in [0.2, 0.25) is 0 Å². The van der Waals surface area contributed by atoms with Crippen LogP contribution in [0, 0.1) is 0 Å². The molecular weight excluding hydrogens is 450 g/mol. The lowest BCUT2D eigenvalue weighted by Gasteiger charge is -2.06. The molecule has 0 amide bonds. The quantitative estimate of drug-likeness (QED) is 0.142. The molecule has 0 radical (unpaired) electrons. The molecule has 2 rings (SSSR count). The first kappa shape index (κ1) is 29.8. The molecule has 0 unspecified atom stereocenters. The summed E-state index contributed by atoms with van der Waals surface area (Å²) in [7, 11) is 0. The highest BCUT2D eigenvalue weighted by Crippen LogP contribution is 2.14. The van der Waals surface area contributed by atoms with E-state index in [0.29, 0.717) is 12.2 Å². The fraction of sp³-hybridized carbons (Fsp3) is 0.690. The molecule has 3 N–H and O–H groups in total. The number of hydrogen-bond donors (Lipinski definition) is 3. The van der Waals surface area contributed by atoms with Gasteiger partial charge in [0.15, 0.2) is 0 Å². The highest BCUT2D eigenvalue weighted by Gasteiger charge is 2.08. The summed E-state index contributed by atoms with van der Waals surface area (Å²) in [6.07, 6.45) is 26.2. The monoisotopic (exact) mass is 499 g/mol. The number of aromatic nitrogens is 3. The van der Waals surface area contributed by atoms with Gasteiger partial charge in [0.1, 0.15) is 5.52 Å². The Hall–Kier alpha value is -2.41. The molecule has 7 heteroatoms. The number of carboxylic acids is 1. The van der Waals surface area contributed by atoms with Crippen LogP contribution in [0.5, 0.6) is 0 Å².